The van der Waals surface area contributed by atoms with E-state index < -0.39 is 11.7 Å². The monoisotopic (exact) mass is 228 g/mol. The van der Waals surface area contributed by atoms with E-state index in [1.54, 1.807) is 0 Å². The second kappa shape index (κ2) is 5.58. The summed E-state index contributed by atoms with van der Waals surface area (Å²) in [5.74, 6) is 0. The molecule has 1 saturated heterocycles. The van der Waals surface area contributed by atoms with Gasteiger partial charge in [-0.1, -0.05) is 5.11 Å². The van der Waals surface area contributed by atoms with Crippen molar-refractivity contribution in [3.63, 3.8) is 0 Å². The van der Waals surface area contributed by atoms with E-state index in [9.17, 15) is 4.79 Å². The standard InChI is InChI=1S/C9H16N4O3/c1-9(3-2-4-11-12-10)7-13(8(14)15)5-6-16-9/h2-7H2,1H3,(H,14,15). The Hall–Kier alpha value is -1.46. The van der Waals surface area contributed by atoms with Crippen molar-refractivity contribution in [2.75, 3.05) is 26.2 Å². The molecule has 0 bridgehead atoms. The molecule has 90 valence electrons. The SMILES string of the molecule is CC1(CCCN=[N+]=[N-])CN(C(=O)O)CCO1. The summed E-state index contributed by atoms with van der Waals surface area (Å²) in [5, 5.41) is 12.3. The molecule has 7 nitrogen and oxygen atoms in total. The molecular weight excluding hydrogens is 212 g/mol. The Morgan fingerprint density at radius 3 is 3.12 bits per heavy atom. The van der Waals surface area contributed by atoms with Gasteiger partial charge in [-0.15, -0.1) is 0 Å². The van der Waals surface area contributed by atoms with Crippen LogP contribution in [-0.2, 0) is 4.74 Å². The first-order valence-electron chi connectivity index (χ1n) is 5.20. The first-order valence-corrected chi connectivity index (χ1v) is 5.20. The van der Waals surface area contributed by atoms with Crippen LogP contribution in [0.15, 0.2) is 5.11 Å². The van der Waals surface area contributed by atoms with E-state index in [0.29, 0.717) is 39.1 Å². The van der Waals surface area contributed by atoms with Crippen LogP contribution < -0.4 is 0 Å². The minimum Gasteiger partial charge on any atom is -0.465 e. The van der Waals surface area contributed by atoms with Gasteiger partial charge in [0.25, 0.3) is 0 Å². The lowest BCUT2D eigenvalue weighted by atomic mass is 9.98. The molecule has 1 N–H and O–H groups in total. The number of carbonyl (C=O) groups is 1. The molecule has 16 heavy (non-hydrogen) atoms. The predicted octanol–water partition coefficient (Wildman–Crippen LogP) is 1.85. The van der Waals surface area contributed by atoms with Crippen molar-refractivity contribution in [3.05, 3.63) is 10.4 Å². The van der Waals surface area contributed by atoms with Gasteiger partial charge >= 0.3 is 6.09 Å². The molecule has 0 radical (unpaired) electrons. The van der Waals surface area contributed by atoms with E-state index in [1.807, 2.05) is 6.92 Å². The lowest BCUT2D eigenvalue weighted by Crippen LogP contribution is -2.51. The van der Waals surface area contributed by atoms with Crippen molar-refractivity contribution in [1.82, 2.24) is 4.90 Å². The quantitative estimate of drug-likeness (QED) is 0.344. The number of hydrogen-bond acceptors (Lipinski definition) is 3. The van der Waals surface area contributed by atoms with Gasteiger partial charge in [0.05, 0.1) is 18.8 Å². The van der Waals surface area contributed by atoms with Crippen LogP contribution in [0.4, 0.5) is 4.79 Å². The van der Waals surface area contributed by atoms with E-state index >= 15 is 0 Å². The van der Waals surface area contributed by atoms with Crippen molar-refractivity contribution in [1.29, 1.82) is 0 Å². The maximum absolute atomic E-state index is 10.8. The molecule has 0 aromatic rings. The minimum atomic E-state index is -0.912. The van der Waals surface area contributed by atoms with Gasteiger partial charge in [0, 0.05) is 18.0 Å². The van der Waals surface area contributed by atoms with Gasteiger partial charge in [0.15, 0.2) is 0 Å². The molecule has 1 aliphatic heterocycles. The van der Waals surface area contributed by atoms with Gasteiger partial charge in [0.1, 0.15) is 0 Å². The van der Waals surface area contributed by atoms with Crippen molar-refractivity contribution >= 4 is 6.09 Å². The Balaban J connectivity index is 2.42. The summed E-state index contributed by atoms with van der Waals surface area (Å²) in [4.78, 5) is 14.8. The molecule has 0 saturated carbocycles. The molecule has 7 heteroatoms. The second-order valence-electron chi connectivity index (χ2n) is 4.06. The van der Waals surface area contributed by atoms with Crippen LogP contribution in [0.1, 0.15) is 19.8 Å². The highest BCUT2D eigenvalue weighted by atomic mass is 16.5. The number of hydrogen-bond donors (Lipinski definition) is 1. The van der Waals surface area contributed by atoms with E-state index in [0.717, 1.165) is 0 Å². The minimum absolute atomic E-state index is 0.374. The molecule has 1 fully saturated rings. The highest BCUT2D eigenvalue weighted by molar-refractivity contribution is 5.65. The summed E-state index contributed by atoms with van der Waals surface area (Å²) in [6.07, 6.45) is 0.480. The van der Waals surface area contributed by atoms with E-state index in [2.05, 4.69) is 10.0 Å². The molecule has 0 aliphatic carbocycles. The molecule has 0 aromatic heterocycles. The van der Waals surface area contributed by atoms with Gasteiger partial charge < -0.3 is 14.7 Å². The molecule has 0 spiro atoms. The summed E-state index contributed by atoms with van der Waals surface area (Å²) < 4.78 is 5.59. The third-order valence-electron chi connectivity index (χ3n) is 2.63. The fraction of sp³-hybridized carbons (Fsp3) is 0.889. The smallest absolute Gasteiger partial charge is 0.407 e. The highest BCUT2D eigenvalue weighted by Crippen LogP contribution is 2.23. The van der Waals surface area contributed by atoms with Crippen LogP contribution in [0.2, 0.25) is 0 Å². The number of ether oxygens (including phenoxy) is 1. The average molecular weight is 228 g/mol. The molecule has 1 aliphatic rings. The zero-order valence-electron chi connectivity index (χ0n) is 9.30. The van der Waals surface area contributed by atoms with Crippen molar-refractivity contribution in [2.24, 2.45) is 5.11 Å². The van der Waals surface area contributed by atoms with Crippen molar-refractivity contribution < 1.29 is 14.6 Å². The second-order valence-corrected chi connectivity index (χ2v) is 4.06. The lowest BCUT2D eigenvalue weighted by Gasteiger charge is -2.39. The van der Waals surface area contributed by atoms with Crippen LogP contribution in [0, 0.1) is 0 Å². The Labute approximate surface area is 93.6 Å². The van der Waals surface area contributed by atoms with Crippen molar-refractivity contribution in [2.45, 2.75) is 25.4 Å². The number of rotatable bonds is 4. The summed E-state index contributed by atoms with van der Waals surface area (Å²) in [5.41, 5.74) is 7.67. The highest BCUT2D eigenvalue weighted by Gasteiger charge is 2.33. The molecule has 0 aromatic carbocycles. The van der Waals surface area contributed by atoms with Crippen LogP contribution in [0.3, 0.4) is 0 Å². The maximum atomic E-state index is 10.8. The maximum Gasteiger partial charge on any atom is 0.407 e. The molecule has 1 rings (SSSR count). The topological polar surface area (TPSA) is 98.5 Å². The fourth-order valence-corrected chi connectivity index (χ4v) is 1.81. The number of nitrogens with zero attached hydrogens (tertiary/aromatic N) is 4. The van der Waals surface area contributed by atoms with Gasteiger partial charge in [-0.25, -0.2) is 4.79 Å². The number of carboxylic acid groups (broad SMARTS) is 1. The van der Waals surface area contributed by atoms with Gasteiger partial charge in [-0.2, -0.15) is 0 Å². The summed E-state index contributed by atoms with van der Waals surface area (Å²) in [6.45, 7) is 3.52. The van der Waals surface area contributed by atoms with Crippen molar-refractivity contribution in [3.8, 4) is 0 Å². The first kappa shape index (κ1) is 12.6. The largest absolute Gasteiger partial charge is 0.465 e. The lowest BCUT2D eigenvalue weighted by molar-refractivity contribution is -0.0947. The molecule has 1 atom stereocenters. The Morgan fingerprint density at radius 1 is 1.75 bits per heavy atom. The Kier molecular flexibility index (Phi) is 4.39. The van der Waals surface area contributed by atoms with Gasteiger partial charge in [-0.3, -0.25) is 0 Å². The Morgan fingerprint density at radius 2 is 2.50 bits per heavy atom. The van der Waals surface area contributed by atoms with E-state index in [4.69, 9.17) is 15.4 Å². The third-order valence-corrected chi connectivity index (χ3v) is 2.63. The molecular formula is C9H16N4O3. The fourth-order valence-electron chi connectivity index (χ4n) is 1.81. The van der Waals surface area contributed by atoms with Crippen LogP contribution in [-0.4, -0.2) is 47.9 Å². The first-order chi connectivity index (χ1) is 7.57. The van der Waals surface area contributed by atoms with Crippen LogP contribution in [0.5, 0.6) is 0 Å². The number of azide groups is 1. The average Bonchev–Trinajstić information content (AvgIpc) is 2.24. The summed E-state index contributed by atoms with van der Waals surface area (Å²) in [6, 6.07) is 0. The van der Waals surface area contributed by atoms with Crippen LogP contribution in [0.25, 0.3) is 10.4 Å². The zero-order chi connectivity index (χ0) is 12.0. The van der Waals surface area contributed by atoms with E-state index in [-0.39, 0.29) is 0 Å². The Bertz CT molecular complexity index is 303. The predicted molar refractivity (Wildman–Crippen MR) is 57.2 cm³/mol. The number of amides is 1. The molecule has 1 heterocycles. The summed E-state index contributed by atoms with van der Waals surface area (Å²) in [7, 11) is 0. The molecule has 1 amide bonds. The van der Waals surface area contributed by atoms with Gasteiger partial charge in [0.2, 0.25) is 0 Å². The molecule has 1 unspecified atom stereocenters. The number of morpholine rings is 1. The normalized spacial score (nSPS) is 24.9. The van der Waals surface area contributed by atoms with Crippen LogP contribution >= 0.6 is 0 Å². The zero-order valence-corrected chi connectivity index (χ0v) is 9.30. The third kappa shape index (κ3) is 3.60. The van der Waals surface area contributed by atoms with Gasteiger partial charge in [-0.05, 0) is 25.3 Å². The summed E-state index contributed by atoms with van der Waals surface area (Å²) >= 11 is 0. The van der Waals surface area contributed by atoms with E-state index in [1.165, 1.54) is 4.90 Å².